The number of fused-ring (bicyclic) bond motifs is 3. The van der Waals surface area contributed by atoms with Gasteiger partial charge in [-0.1, -0.05) is 104 Å². The summed E-state index contributed by atoms with van der Waals surface area (Å²) in [5.74, 6) is -1.63. The van der Waals surface area contributed by atoms with Gasteiger partial charge in [0.15, 0.2) is 0 Å². The zero-order valence-corrected chi connectivity index (χ0v) is 55.6. The first-order chi connectivity index (χ1) is 47.0. The number of para-hydroxylation sites is 1. The Labute approximate surface area is 568 Å². The Kier molecular flexibility index (Phi) is 22.9. The van der Waals surface area contributed by atoms with Gasteiger partial charge in [-0.25, -0.2) is 9.18 Å². The predicted octanol–water partition coefficient (Wildman–Crippen LogP) is 12.2. The molecule has 1 spiro atoms. The van der Waals surface area contributed by atoms with Crippen molar-refractivity contribution >= 4 is 35.4 Å². The number of halogens is 7. The number of likely N-dealkylation sites (N-methyl/N-ethyl adjacent to an activating group) is 2. The highest BCUT2D eigenvalue weighted by Crippen LogP contribution is 2.49. The minimum atomic E-state index is -5.15. The fourth-order valence-electron chi connectivity index (χ4n) is 14.8. The molecule has 16 nitrogen and oxygen atoms in total. The van der Waals surface area contributed by atoms with Gasteiger partial charge in [-0.2, -0.15) is 26.3 Å². The monoisotopic (exact) mass is 1360 g/mol. The molecule has 6 aliphatic rings. The highest BCUT2D eigenvalue weighted by molar-refractivity contribution is 5.99. The van der Waals surface area contributed by atoms with E-state index < -0.39 is 64.6 Å². The molecule has 98 heavy (non-hydrogen) atoms. The lowest BCUT2D eigenvalue weighted by Crippen LogP contribution is -2.50. The van der Waals surface area contributed by atoms with Crippen LogP contribution in [0.15, 0.2) is 145 Å². The normalized spacial score (nSPS) is 20.6. The van der Waals surface area contributed by atoms with Gasteiger partial charge in [-0.3, -0.25) is 24.5 Å². The highest BCUT2D eigenvalue weighted by Gasteiger charge is 2.50. The van der Waals surface area contributed by atoms with Crippen molar-refractivity contribution in [3.8, 4) is 11.1 Å². The highest BCUT2D eigenvalue weighted by atomic mass is 19.4. The molecule has 4 aliphatic heterocycles. The Hall–Kier alpha value is -7.96. The number of nitrogens with one attached hydrogen (secondary N) is 2. The molecule has 4 fully saturated rings. The molecule has 4 saturated heterocycles. The lowest BCUT2D eigenvalue weighted by Gasteiger charge is -2.44. The second-order valence-corrected chi connectivity index (χ2v) is 26.9. The summed E-state index contributed by atoms with van der Waals surface area (Å²) in [7, 11) is 3.61. The van der Waals surface area contributed by atoms with E-state index in [4.69, 9.17) is 14.2 Å². The Morgan fingerprint density at radius 1 is 0.724 bits per heavy atom. The number of piperidine rings is 3. The van der Waals surface area contributed by atoms with Crippen LogP contribution in [0.3, 0.4) is 0 Å². The van der Waals surface area contributed by atoms with Crippen LogP contribution in [0.5, 0.6) is 0 Å². The van der Waals surface area contributed by atoms with E-state index in [1.807, 2.05) is 89.7 Å². The van der Waals surface area contributed by atoms with E-state index >= 15 is 0 Å². The van der Waals surface area contributed by atoms with Crippen LogP contribution in [0.2, 0.25) is 0 Å². The summed E-state index contributed by atoms with van der Waals surface area (Å²) in [5.41, 5.74) is 1.62. The lowest BCUT2D eigenvalue weighted by molar-refractivity contribution is -0.143. The maximum Gasteiger partial charge on any atom is 0.416 e. The van der Waals surface area contributed by atoms with Gasteiger partial charge in [0.25, 0.3) is 11.8 Å². The largest absolute Gasteiger partial charge is 0.446 e. The first-order valence-corrected chi connectivity index (χ1v) is 34.2. The van der Waals surface area contributed by atoms with Crippen molar-refractivity contribution in [2.24, 2.45) is 0 Å². The van der Waals surface area contributed by atoms with Crippen LogP contribution in [-0.2, 0) is 58.4 Å². The third-order valence-electron chi connectivity index (χ3n) is 20.5. The maximum atomic E-state index is 14.3. The summed E-state index contributed by atoms with van der Waals surface area (Å²) in [6.07, 6.45) is 1.93. The van der Waals surface area contributed by atoms with Gasteiger partial charge in [0.2, 0.25) is 11.8 Å². The summed E-state index contributed by atoms with van der Waals surface area (Å²) in [6, 6.07) is 32.2. The van der Waals surface area contributed by atoms with Gasteiger partial charge < -0.3 is 48.9 Å². The molecular weight excluding hydrogens is 1270 g/mol. The van der Waals surface area contributed by atoms with E-state index in [0.717, 1.165) is 97.4 Å². The van der Waals surface area contributed by atoms with Crippen molar-refractivity contribution in [3.63, 3.8) is 0 Å². The van der Waals surface area contributed by atoms with Crippen molar-refractivity contribution in [2.75, 3.05) is 111 Å². The van der Waals surface area contributed by atoms with Gasteiger partial charge >= 0.3 is 18.4 Å². The summed E-state index contributed by atoms with van der Waals surface area (Å²) >= 11 is 0. The zero-order chi connectivity index (χ0) is 69.2. The molecule has 11 rings (SSSR count). The number of carbonyl (C=O) groups excluding carboxylic acids is 5. The lowest BCUT2D eigenvalue weighted by atomic mass is 9.72. The van der Waals surface area contributed by atoms with Crippen LogP contribution in [0.25, 0.3) is 11.1 Å². The molecule has 5 aromatic carbocycles. The molecule has 2 aliphatic carbocycles. The van der Waals surface area contributed by atoms with Gasteiger partial charge in [0.05, 0.1) is 29.5 Å². The third-order valence-corrected chi connectivity index (χ3v) is 20.5. The van der Waals surface area contributed by atoms with Gasteiger partial charge in [0, 0.05) is 101 Å². The maximum absolute atomic E-state index is 14.3. The average Bonchev–Trinajstić information content (AvgIpc) is 1.58. The molecule has 524 valence electrons. The van der Waals surface area contributed by atoms with Gasteiger partial charge in [-0.15, -0.1) is 0 Å². The number of nitrogens with zero attached hydrogens (tertiary/aromatic N) is 6. The molecule has 23 heteroatoms. The molecule has 0 aromatic heterocycles. The number of hydrogen-bond acceptors (Lipinski definition) is 11. The van der Waals surface area contributed by atoms with E-state index in [1.54, 1.807) is 11.9 Å². The minimum absolute atomic E-state index is 0.00595. The number of rotatable bonds is 25. The Morgan fingerprint density at radius 3 is 2.14 bits per heavy atom. The van der Waals surface area contributed by atoms with Gasteiger partial charge in [-0.05, 0) is 154 Å². The quantitative estimate of drug-likeness (QED) is 0.0423. The summed E-state index contributed by atoms with van der Waals surface area (Å²) in [4.78, 5) is 78.2. The Morgan fingerprint density at radius 2 is 1.41 bits per heavy atom. The van der Waals surface area contributed by atoms with Crippen LogP contribution < -0.4 is 10.6 Å². The standard InChI is InChI=1S/C75H87F7N8O8/c1-85(34-13-35-89-38-27-53-46-60(25-26-63(53)70(89)94)83-33-12-4-7-20-67(91)86(2)42-43-87-36-28-61(29-37-87)98-71(95)84-65-19-11-9-17-62(65)52-14-5-3-6-15-52)68(92)49-96-66-47-54-16-8-10-18-64(54)72(66)30-39-88(40-31-72)41-32-73(56-21-23-59(76)24-22-56)50-90(51-97-73)69(93)55-44-57(74(77,78)79)48-58(45-55)75(80,81)82/h3,5-6,8-11,14-19,21-24,26,44-46,48,60-61,66,83H,4,7,12-13,20,25,27-43,47,49-51H2,1-2H3,(H,84,95)/t60?,66-,73-/m0/s1. The number of benzene rings is 5. The zero-order valence-electron chi connectivity index (χ0n) is 55.6. The molecule has 5 amide bonds. The SMILES string of the molecule is CN(CCN1CCC(OC(=O)Nc2ccccc2-c2ccccc2)CC1)C(=O)CCCCCNC1C=C2CCN(CCCN(C)C(=O)CO[C@H]3Cc4ccccc4C34CCN(CC[C@@]3(c5ccc(F)cc5)CN(C(=O)c5cc(C(F)(F)F)cc(C(F)(F)F)c5)CO3)CC4)C(=O)C2=CC1. The fourth-order valence-corrected chi connectivity index (χ4v) is 14.8. The van der Waals surface area contributed by atoms with Crippen molar-refractivity contribution in [1.82, 2.24) is 34.7 Å². The van der Waals surface area contributed by atoms with Crippen LogP contribution in [0, 0.1) is 5.82 Å². The molecule has 0 radical (unpaired) electrons. The number of alkyl halides is 6. The topological polar surface area (TPSA) is 157 Å². The van der Waals surface area contributed by atoms with E-state index in [2.05, 4.69) is 38.6 Å². The van der Waals surface area contributed by atoms with Crippen LogP contribution in [0.4, 0.5) is 41.2 Å². The van der Waals surface area contributed by atoms with Crippen LogP contribution >= 0.6 is 0 Å². The number of amides is 5. The predicted molar refractivity (Wildman–Crippen MR) is 357 cm³/mol. The summed E-state index contributed by atoms with van der Waals surface area (Å²) < 4.78 is 116. The van der Waals surface area contributed by atoms with Crippen molar-refractivity contribution in [2.45, 2.75) is 125 Å². The summed E-state index contributed by atoms with van der Waals surface area (Å²) in [5, 5.41) is 6.57. The average molecular weight is 1360 g/mol. The van der Waals surface area contributed by atoms with Crippen molar-refractivity contribution in [1.29, 1.82) is 0 Å². The second kappa shape index (κ2) is 31.5. The molecule has 4 heterocycles. The molecule has 0 saturated carbocycles. The van der Waals surface area contributed by atoms with Crippen LogP contribution in [-0.4, -0.2) is 183 Å². The first-order valence-electron chi connectivity index (χ1n) is 34.2. The van der Waals surface area contributed by atoms with E-state index in [0.29, 0.717) is 108 Å². The third kappa shape index (κ3) is 17.4. The molecule has 0 bridgehead atoms. The van der Waals surface area contributed by atoms with E-state index in [-0.39, 0.29) is 61.6 Å². The fraction of sp³-hybridized carbons (Fsp3) is 0.480. The van der Waals surface area contributed by atoms with Gasteiger partial charge in [0.1, 0.15) is 30.9 Å². The number of unbranched alkanes of at least 4 members (excludes halogenated alkanes) is 2. The smallest absolute Gasteiger partial charge is 0.416 e. The number of anilines is 1. The van der Waals surface area contributed by atoms with E-state index in [9.17, 15) is 54.7 Å². The second-order valence-electron chi connectivity index (χ2n) is 26.9. The molecule has 1 unspecified atom stereocenters. The molecule has 2 N–H and O–H groups in total. The molecule has 5 aromatic rings. The number of carbonyl (C=O) groups is 5. The number of likely N-dealkylation sites (tertiary alicyclic amines) is 3. The van der Waals surface area contributed by atoms with E-state index in [1.165, 1.54) is 29.8 Å². The number of hydrogen-bond donors (Lipinski definition) is 2. The Bertz CT molecular complexity index is 3650. The minimum Gasteiger partial charge on any atom is -0.446 e. The van der Waals surface area contributed by atoms with Crippen molar-refractivity contribution in [3.05, 3.63) is 184 Å². The molecule has 3 atom stereocenters. The number of ether oxygens (including phenoxy) is 3. The first kappa shape index (κ1) is 71.3. The molecular formula is C75H87F7N8O8. The van der Waals surface area contributed by atoms with Crippen molar-refractivity contribution < 1.29 is 68.9 Å². The Balaban J connectivity index is 0.565. The summed E-state index contributed by atoms with van der Waals surface area (Å²) in [6.45, 7) is 6.21. The van der Waals surface area contributed by atoms with Crippen LogP contribution in [0.1, 0.15) is 115 Å².